The third-order valence-electron chi connectivity index (χ3n) is 5.31. The first kappa shape index (κ1) is 12.3. The van der Waals surface area contributed by atoms with Crippen molar-refractivity contribution in [3.05, 3.63) is 0 Å². The van der Waals surface area contributed by atoms with Crippen LogP contribution in [0.2, 0.25) is 0 Å². The first-order chi connectivity index (χ1) is 8.78. The second-order valence-corrected chi connectivity index (χ2v) is 6.67. The lowest BCUT2D eigenvalue weighted by atomic mass is 9.65. The standard InChI is InChI=1S/C15H27N3/c16-14(18-13-5-2-1-3-6-13)17-11-15(9-4-10-15)12-7-8-12/h12-13H,1-11H2,(H3,16,17,18). The van der Waals surface area contributed by atoms with Crippen molar-refractivity contribution in [3.63, 3.8) is 0 Å². The number of hydrogen-bond acceptors (Lipinski definition) is 1. The van der Waals surface area contributed by atoms with E-state index in [1.165, 1.54) is 64.2 Å². The van der Waals surface area contributed by atoms with Gasteiger partial charge in [0.25, 0.3) is 0 Å². The van der Waals surface area contributed by atoms with Crippen LogP contribution in [0.3, 0.4) is 0 Å². The first-order valence-corrected chi connectivity index (χ1v) is 7.85. The summed E-state index contributed by atoms with van der Waals surface area (Å²) in [6.07, 6.45) is 13.7. The molecule has 0 spiro atoms. The molecule has 0 aromatic heterocycles. The van der Waals surface area contributed by atoms with E-state index in [1.807, 2.05) is 0 Å². The van der Waals surface area contributed by atoms with E-state index in [0.29, 0.717) is 17.4 Å². The molecule has 3 aliphatic rings. The van der Waals surface area contributed by atoms with Crippen LogP contribution in [0, 0.1) is 11.3 Å². The molecule has 0 radical (unpaired) electrons. The van der Waals surface area contributed by atoms with Crippen LogP contribution in [0.5, 0.6) is 0 Å². The molecule has 0 bridgehead atoms. The fraction of sp³-hybridized carbons (Fsp3) is 0.933. The predicted octanol–water partition coefficient (Wildman–Crippen LogP) is 2.80. The van der Waals surface area contributed by atoms with Gasteiger partial charge in [0, 0.05) is 12.6 Å². The van der Waals surface area contributed by atoms with Crippen LogP contribution in [0.1, 0.15) is 64.2 Å². The number of hydrogen-bond donors (Lipinski definition) is 2. The minimum atomic E-state index is 0.554. The Morgan fingerprint density at radius 2 is 1.78 bits per heavy atom. The summed E-state index contributed by atoms with van der Waals surface area (Å²) in [6.45, 7) is 0.975. The highest BCUT2D eigenvalue weighted by molar-refractivity contribution is 5.78. The summed E-state index contributed by atoms with van der Waals surface area (Å²) >= 11 is 0. The number of nitrogens with zero attached hydrogens (tertiary/aromatic N) is 1. The highest BCUT2D eigenvalue weighted by atomic mass is 15.1. The highest BCUT2D eigenvalue weighted by Gasteiger charge is 2.48. The van der Waals surface area contributed by atoms with Crippen LogP contribution < -0.4 is 11.1 Å². The number of rotatable bonds is 4. The molecule has 0 aliphatic heterocycles. The van der Waals surface area contributed by atoms with Gasteiger partial charge in [-0.05, 0) is 49.9 Å². The minimum Gasteiger partial charge on any atom is -0.370 e. The molecule has 0 aromatic rings. The molecule has 18 heavy (non-hydrogen) atoms. The van der Waals surface area contributed by atoms with Gasteiger partial charge in [0.15, 0.2) is 5.96 Å². The fourth-order valence-electron chi connectivity index (χ4n) is 3.77. The maximum Gasteiger partial charge on any atom is 0.188 e. The molecular weight excluding hydrogens is 222 g/mol. The molecule has 0 unspecified atom stereocenters. The van der Waals surface area contributed by atoms with Gasteiger partial charge in [-0.15, -0.1) is 0 Å². The quantitative estimate of drug-likeness (QED) is 0.594. The molecule has 3 saturated carbocycles. The van der Waals surface area contributed by atoms with Gasteiger partial charge in [0.2, 0.25) is 0 Å². The molecule has 0 heterocycles. The van der Waals surface area contributed by atoms with E-state index < -0.39 is 0 Å². The molecule has 0 atom stereocenters. The minimum absolute atomic E-state index is 0.554. The Balaban J connectivity index is 1.48. The summed E-state index contributed by atoms with van der Waals surface area (Å²) in [5.74, 6) is 1.67. The topological polar surface area (TPSA) is 50.4 Å². The van der Waals surface area contributed by atoms with Crippen LogP contribution in [-0.2, 0) is 0 Å². The molecule has 3 N–H and O–H groups in total. The Labute approximate surface area is 111 Å². The lowest BCUT2D eigenvalue weighted by Gasteiger charge is -2.41. The Bertz CT molecular complexity index is 310. The molecule has 3 nitrogen and oxygen atoms in total. The van der Waals surface area contributed by atoms with Crippen molar-refractivity contribution in [2.24, 2.45) is 22.1 Å². The van der Waals surface area contributed by atoms with Gasteiger partial charge in [-0.3, -0.25) is 4.99 Å². The molecule has 102 valence electrons. The molecule has 3 aliphatic carbocycles. The monoisotopic (exact) mass is 249 g/mol. The van der Waals surface area contributed by atoms with Gasteiger partial charge in [0.1, 0.15) is 0 Å². The molecule has 0 aromatic carbocycles. The van der Waals surface area contributed by atoms with Crippen molar-refractivity contribution in [2.75, 3.05) is 6.54 Å². The lowest BCUT2D eigenvalue weighted by Crippen LogP contribution is -2.42. The summed E-state index contributed by atoms with van der Waals surface area (Å²) in [4.78, 5) is 4.66. The zero-order chi connectivity index (χ0) is 12.4. The zero-order valence-corrected chi connectivity index (χ0v) is 11.5. The summed E-state index contributed by atoms with van der Waals surface area (Å²) in [7, 11) is 0. The average molecular weight is 249 g/mol. The van der Waals surface area contributed by atoms with Gasteiger partial charge in [-0.25, -0.2) is 0 Å². The van der Waals surface area contributed by atoms with Crippen molar-refractivity contribution in [2.45, 2.75) is 70.3 Å². The van der Waals surface area contributed by atoms with E-state index >= 15 is 0 Å². The number of nitrogens with one attached hydrogen (secondary N) is 1. The van der Waals surface area contributed by atoms with E-state index in [2.05, 4.69) is 10.3 Å². The molecule has 0 amide bonds. The largest absolute Gasteiger partial charge is 0.370 e. The normalized spacial score (nSPS) is 28.8. The first-order valence-electron chi connectivity index (χ1n) is 7.85. The molecule has 3 rings (SSSR count). The van der Waals surface area contributed by atoms with Crippen molar-refractivity contribution in [1.82, 2.24) is 5.32 Å². The number of nitrogens with two attached hydrogens (primary N) is 1. The highest BCUT2D eigenvalue weighted by Crippen LogP contribution is 2.57. The molecule has 3 fully saturated rings. The van der Waals surface area contributed by atoms with Crippen LogP contribution in [0.4, 0.5) is 0 Å². The SMILES string of the molecule is NC(=NCC1(C2CC2)CCC1)NC1CCCCC1. The predicted molar refractivity (Wildman–Crippen MR) is 75.5 cm³/mol. The van der Waals surface area contributed by atoms with E-state index in [1.54, 1.807) is 0 Å². The third-order valence-corrected chi connectivity index (χ3v) is 5.31. The van der Waals surface area contributed by atoms with E-state index in [-0.39, 0.29) is 0 Å². The van der Waals surface area contributed by atoms with Gasteiger partial charge < -0.3 is 11.1 Å². The second-order valence-electron chi connectivity index (χ2n) is 6.67. The Morgan fingerprint density at radius 3 is 2.33 bits per heavy atom. The van der Waals surface area contributed by atoms with Gasteiger partial charge in [0.05, 0.1) is 0 Å². The van der Waals surface area contributed by atoms with Crippen LogP contribution >= 0.6 is 0 Å². The second kappa shape index (κ2) is 5.10. The van der Waals surface area contributed by atoms with Crippen LogP contribution in [0.15, 0.2) is 4.99 Å². The van der Waals surface area contributed by atoms with Gasteiger partial charge >= 0.3 is 0 Å². The number of guanidine groups is 1. The molecule has 0 saturated heterocycles. The Hall–Kier alpha value is -0.730. The van der Waals surface area contributed by atoms with Gasteiger partial charge in [-0.2, -0.15) is 0 Å². The van der Waals surface area contributed by atoms with E-state index in [0.717, 1.165) is 12.5 Å². The summed E-state index contributed by atoms with van der Waals surface area (Å²) in [5.41, 5.74) is 6.60. The van der Waals surface area contributed by atoms with E-state index in [4.69, 9.17) is 5.73 Å². The van der Waals surface area contributed by atoms with Crippen LogP contribution in [-0.4, -0.2) is 18.5 Å². The van der Waals surface area contributed by atoms with Crippen molar-refractivity contribution < 1.29 is 0 Å². The smallest absolute Gasteiger partial charge is 0.188 e. The van der Waals surface area contributed by atoms with Crippen molar-refractivity contribution >= 4 is 5.96 Å². The van der Waals surface area contributed by atoms with Gasteiger partial charge in [-0.1, -0.05) is 25.7 Å². The van der Waals surface area contributed by atoms with Crippen LogP contribution in [0.25, 0.3) is 0 Å². The average Bonchev–Trinajstić information content (AvgIpc) is 3.14. The number of aliphatic imine (C=N–C) groups is 1. The third kappa shape index (κ3) is 2.65. The molecular formula is C15H27N3. The van der Waals surface area contributed by atoms with E-state index in [9.17, 15) is 0 Å². The maximum absolute atomic E-state index is 6.05. The van der Waals surface area contributed by atoms with Crippen molar-refractivity contribution in [3.8, 4) is 0 Å². The molecule has 3 heteroatoms. The summed E-state index contributed by atoms with van der Waals surface area (Å²) < 4.78 is 0. The summed E-state index contributed by atoms with van der Waals surface area (Å²) in [6, 6.07) is 0.584. The van der Waals surface area contributed by atoms with Crippen molar-refractivity contribution in [1.29, 1.82) is 0 Å². The fourth-order valence-corrected chi connectivity index (χ4v) is 3.77. The summed E-state index contributed by atoms with van der Waals surface area (Å²) in [5, 5.41) is 3.43. The Morgan fingerprint density at radius 1 is 1.06 bits per heavy atom. The lowest BCUT2D eigenvalue weighted by molar-refractivity contribution is 0.113. The maximum atomic E-state index is 6.05. The zero-order valence-electron chi connectivity index (χ0n) is 11.5. The Kier molecular flexibility index (Phi) is 3.49.